The van der Waals surface area contributed by atoms with Gasteiger partial charge in [0.1, 0.15) is 18.0 Å². The van der Waals surface area contributed by atoms with Crippen molar-refractivity contribution in [3.8, 4) is 0 Å². The van der Waals surface area contributed by atoms with Crippen LogP contribution in [0.25, 0.3) is 0 Å². The van der Waals surface area contributed by atoms with E-state index < -0.39 is 0 Å². The summed E-state index contributed by atoms with van der Waals surface area (Å²) in [5, 5.41) is 3.08. The minimum atomic E-state index is 0.377. The van der Waals surface area contributed by atoms with Crippen LogP contribution < -0.4 is 11.1 Å². The predicted octanol–water partition coefficient (Wildman–Crippen LogP) is 1.49. The maximum Gasteiger partial charge on any atom is 0.138 e. The molecule has 1 aromatic heterocycles. The summed E-state index contributed by atoms with van der Waals surface area (Å²) in [4.78, 5) is 8.12. The molecule has 4 nitrogen and oxygen atoms in total. The third kappa shape index (κ3) is 1.35. The van der Waals surface area contributed by atoms with E-state index in [9.17, 15) is 0 Å². The summed E-state index contributed by atoms with van der Waals surface area (Å²) in [6, 6.07) is 0. The Labute approximate surface area is 76.9 Å². The molecule has 2 heterocycles. The first kappa shape index (κ1) is 8.04. The van der Waals surface area contributed by atoms with Crippen LogP contribution in [0.3, 0.4) is 0 Å². The molecule has 0 aromatic carbocycles. The number of hydrogen-bond donors (Lipinski definition) is 2. The molecule has 1 aliphatic heterocycles. The van der Waals surface area contributed by atoms with Crippen LogP contribution in [-0.2, 0) is 0 Å². The molecule has 1 aromatic rings. The van der Waals surface area contributed by atoms with Crippen LogP contribution in [0.2, 0.25) is 0 Å². The molecule has 0 spiro atoms. The van der Waals surface area contributed by atoms with E-state index in [-0.39, 0.29) is 0 Å². The molecule has 3 N–H and O–H groups in total. The molecule has 0 amide bonds. The molecule has 13 heavy (non-hydrogen) atoms. The van der Waals surface area contributed by atoms with Crippen molar-refractivity contribution in [2.24, 2.45) is 0 Å². The fraction of sp³-hybridized carbons (Fsp3) is 0.333. The number of nitrogens with two attached hydrogens (primary N) is 1. The SMILES string of the molecule is CC1CC=CNc2ncnc(N)c21. The van der Waals surface area contributed by atoms with Gasteiger partial charge in [-0.1, -0.05) is 13.0 Å². The standard InChI is InChI=1S/C9H12N4/c1-6-3-2-4-11-9-7(6)8(10)12-5-13-9/h2,4-6H,3H2,1H3,(H3,10,11,12,13). The van der Waals surface area contributed by atoms with Crippen molar-refractivity contribution >= 4 is 11.6 Å². The van der Waals surface area contributed by atoms with Gasteiger partial charge in [-0.05, 0) is 18.5 Å². The molecule has 0 fully saturated rings. The Morgan fingerprint density at radius 3 is 3.23 bits per heavy atom. The second-order valence-electron chi connectivity index (χ2n) is 3.20. The number of nitrogens with one attached hydrogen (secondary N) is 1. The quantitative estimate of drug-likeness (QED) is 0.628. The van der Waals surface area contributed by atoms with Crippen molar-refractivity contribution in [3.63, 3.8) is 0 Å². The highest BCUT2D eigenvalue weighted by Crippen LogP contribution is 2.30. The zero-order valence-electron chi connectivity index (χ0n) is 7.49. The maximum atomic E-state index is 5.78. The van der Waals surface area contributed by atoms with E-state index in [1.165, 1.54) is 6.33 Å². The van der Waals surface area contributed by atoms with Crippen molar-refractivity contribution in [2.75, 3.05) is 11.1 Å². The van der Waals surface area contributed by atoms with Crippen LogP contribution in [0.15, 0.2) is 18.6 Å². The van der Waals surface area contributed by atoms with Crippen LogP contribution in [0.5, 0.6) is 0 Å². The van der Waals surface area contributed by atoms with Gasteiger partial charge in [-0.15, -0.1) is 0 Å². The van der Waals surface area contributed by atoms with Crippen LogP contribution in [0.4, 0.5) is 11.6 Å². The van der Waals surface area contributed by atoms with E-state index >= 15 is 0 Å². The smallest absolute Gasteiger partial charge is 0.138 e. The van der Waals surface area contributed by atoms with Crippen LogP contribution in [-0.4, -0.2) is 9.97 Å². The third-order valence-corrected chi connectivity index (χ3v) is 2.24. The monoisotopic (exact) mass is 176 g/mol. The molecule has 1 aliphatic rings. The lowest BCUT2D eigenvalue weighted by atomic mass is 9.99. The van der Waals surface area contributed by atoms with E-state index in [2.05, 4.69) is 28.3 Å². The highest BCUT2D eigenvalue weighted by Gasteiger charge is 2.16. The average molecular weight is 176 g/mol. The third-order valence-electron chi connectivity index (χ3n) is 2.24. The molecule has 0 saturated heterocycles. The summed E-state index contributed by atoms with van der Waals surface area (Å²) < 4.78 is 0. The second kappa shape index (κ2) is 3.05. The summed E-state index contributed by atoms with van der Waals surface area (Å²) in [6.45, 7) is 2.12. The zero-order valence-corrected chi connectivity index (χ0v) is 7.49. The lowest BCUT2D eigenvalue weighted by Gasteiger charge is -2.12. The van der Waals surface area contributed by atoms with E-state index in [0.717, 1.165) is 17.8 Å². The number of hydrogen-bond acceptors (Lipinski definition) is 4. The van der Waals surface area contributed by atoms with Crippen LogP contribution in [0, 0.1) is 0 Å². The van der Waals surface area contributed by atoms with Gasteiger partial charge >= 0.3 is 0 Å². The van der Waals surface area contributed by atoms with Gasteiger partial charge in [0.25, 0.3) is 0 Å². The number of nitrogens with zero attached hydrogens (tertiary/aromatic N) is 2. The van der Waals surface area contributed by atoms with Crippen molar-refractivity contribution in [3.05, 3.63) is 24.2 Å². The number of allylic oxidation sites excluding steroid dienone is 1. The van der Waals surface area contributed by atoms with E-state index in [1.54, 1.807) is 0 Å². The molecule has 0 aliphatic carbocycles. The molecular weight excluding hydrogens is 164 g/mol. The first-order valence-electron chi connectivity index (χ1n) is 4.31. The van der Waals surface area contributed by atoms with E-state index in [0.29, 0.717) is 11.7 Å². The lowest BCUT2D eigenvalue weighted by molar-refractivity contribution is 0.781. The second-order valence-corrected chi connectivity index (χ2v) is 3.20. The summed E-state index contributed by atoms with van der Waals surface area (Å²) in [5.74, 6) is 1.78. The highest BCUT2D eigenvalue weighted by atomic mass is 15.0. The molecule has 1 unspecified atom stereocenters. The van der Waals surface area contributed by atoms with Gasteiger partial charge in [-0.2, -0.15) is 0 Å². The Morgan fingerprint density at radius 1 is 1.54 bits per heavy atom. The van der Waals surface area contributed by atoms with Gasteiger partial charge in [-0.25, -0.2) is 9.97 Å². The minimum Gasteiger partial charge on any atom is -0.383 e. The molecule has 2 rings (SSSR count). The number of aromatic nitrogens is 2. The summed E-state index contributed by atoms with van der Waals surface area (Å²) in [6.07, 6.45) is 6.42. The number of nitrogen functional groups attached to an aromatic ring is 1. The molecule has 68 valence electrons. The summed E-state index contributed by atoms with van der Waals surface area (Å²) >= 11 is 0. The lowest BCUT2D eigenvalue weighted by Crippen LogP contribution is -2.05. The van der Waals surface area contributed by atoms with Gasteiger partial charge in [0.15, 0.2) is 0 Å². The van der Waals surface area contributed by atoms with E-state index in [4.69, 9.17) is 5.73 Å². The molecule has 4 heteroatoms. The number of fused-ring (bicyclic) bond motifs is 1. The number of anilines is 2. The van der Waals surface area contributed by atoms with Crippen LogP contribution >= 0.6 is 0 Å². The van der Waals surface area contributed by atoms with Gasteiger partial charge in [-0.3, -0.25) is 0 Å². The van der Waals surface area contributed by atoms with Crippen molar-refractivity contribution in [2.45, 2.75) is 19.3 Å². The fourth-order valence-electron chi connectivity index (χ4n) is 1.54. The minimum absolute atomic E-state index is 0.377. The molecule has 1 atom stereocenters. The fourth-order valence-corrected chi connectivity index (χ4v) is 1.54. The van der Waals surface area contributed by atoms with Crippen molar-refractivity contribution in [1.29, 1.82) is 0 Å². The Hall–Kier alpha value is -1.58. The summed E-state index contributed by atoms with van der Waals surface area (Å²) in [5.41, 5.74) is 6.80. The van der Waals surface area contributed by atoms with Gasteiger partial charge in [0.2, 0.25) is 0 Å². The molecular formula is C9H12N4. The Kier molecular flexibility index (Phi) is 1.88. The number of rotatable bonds is 0. The molecule has 0 radical (unpaired) electrons. The average Bonchev–Trinajstić information content (AvgIpc) is 2.29. The normalized spacial score (nSPS) is 20.2. The Bertz CT molecular complexity index is 345. The Balaban J connectivity index is 2.54. The van der Waals surface area contributed by atoms with Crippen molar-refractivity contribution in [1.82, 2.24) is 9.97 Å². The van der Waals surface area contributed by atoms with Gasteiger partial charge in [0, 0.05) is 5.56 Å². The van der Waals surface area contributed by atoms with Gasteiger partial charge in [0.05, 0.1) is 0 Å². The van der Waals surface area contributed by atoms with Gasteiger partial charge < -0.3 is 11.1 Å². The summed E-state index contributed by atoms with van der Waals surface area (Å²) in [7, 11) is 0. The predicted molar refractivity (Wildman–Crippen MR) is 52.2 cm³/mol. The van der Waals surface area contributed by atoms with Crippen molar-refractivity contribution < 1.29 is 0 Å². The Morgan fingerprint density at radius 2 is 2.38 bits per heavy atom. The maximum absolute atomic E-state index is 5.78. The zero-order chi connectivity index (χ0) is 9.26. The van der Waals surface area contributed by atoms with E-state index in [1.807, 2.05) is 6.20 Å². The topological polar surface area (TPSA) is 63.8 Å². The molecule has 0 bridgehead atoms. The largest absolute Gasteiger partial charge is 0.383 e. The van der Waals surface area contributed by atoms with Crippen LogP contribution in [0.1, 0.15) is 24.8 Å². The highest BCUT2D eigenvalue weighted by molar-refractivity contribution is 5.58. The first-order chi connectivity index (χ1) is 6.29. The first-order valence-corrected chi connectivity index (χ1v) is 4.31. The molecule has 0 saturated carbocycles.